The molecule has 19 heavy (non-hydrogen) atoms. The van der Waals surface area contributed by atoms with Gasteiger partial charge in [0.15, 0.2) is 5.58 Å². The van der Waals surface area contributed by atoms with Crippen LogP contribution in [-0.4, -0.2) is 23.0 Å². The Bertz CT molecular complexity index is 696. The summed E-state index contributed by atoms with van der Waals surface area (Å²) in [5, 5.41) is 9.24. The number of carbonyl (C=O) groups is 1. The zero-order valence-electron chi connectivity index (χ0n) is 10.3. The number of nitrogens with one attached hydrogen (secondary N) is 1. The van der Waals surface area contributed by atoms with Gasteiger partial charge in [-0.1, -0.05) is 0 Å². The number of nitrogens with zero attached hydrogens (tertiary/aromatic N) is 1. The number of furan rings is 1. The number of fused-ring (bicyclic) bond motifs is 1. The van der Waals surface area contributed by atoms with Crippen LogP contribution in [0.25, 0.3) is 11.1 Å². The highest BCUT2D eigenvalue weighted by molar-refractivity contribution is 6.06. The van der Waals surface area contributed by atoms with Gasteiger partial charge in [-0.3, -0.25) is 4.79 Å². The Balaban J connectivity index is 1.90. The third-order valence-corrected chi connectivity index (χ3v) is 3.01. The van der Waals surface area contributed by atoms with Crippen LogP contribution >= 0.6 is 0 Å². The molecule has 2 heterocycles. The van der Waals surface area contributed by atoms with E-state index < -0.39 is 0 Å². The molecule has 96 valence electrons. The molecule has 0 atom stereocenters. The molecule has 0 radical (unpaired) electrons. The van der Waals surface area contributed by atoms with Gasteiger partial charge in [0.1, 0.15) is 11.4 Å². The van der Waals surface area contributed by atoms with Gasteiger partial charge in [0.2, 0.25) is 0 Å². The van der Waals surface area contributed by atoms with E-state index in [9.17, 15) is 9.90 Å². The molecule has 2 N–H and O–H groups in total. The maximum Gasteiger partial charge on any atom is 0.274 e. The van der Waals surface area contributed by atoms with Crippen LogP contribution in [0.3, 0.4) is 0 Å². The highest BCUT2D eigenvalue weighted by Crippen LogP contribution is 2.21. The molecule has 5 nitrogen and oxygen atoms in total. The summed E-state index contributed by atoms with van der Waals surface area (Å²) >= 11 is 0. The fourth-order valence-corrected chi connectivity index (χ4v) is 1.94. The molecule has 0 aliphatic heterocycles. The van der Waals surface area contributed by atoms with Crippen LogP contribution < -0.4 is 4.90 Å². The van der Waals surface area contributed by atoms with Crippen molar-refractivity contribution in [2.45, 2.75) is 0 Å². The van der Waals surface area contributed by atoms with Crippen LogP contribution in [0, 0.1) is 0 Å². The molecule has 0 aliphatic carbocycles. The van der Waals surface area contributed by atoms with Crippen molar-refractivity contribution in [3.8, 4) is 5.75 Å². The lowest BCUT2D eigenvalue weighted by Crippen LogP contribution is -2.26. The van der Waals surface area contributed by atoms with Crippen LogP contribution in [0.15, 0.2) is 47.1 Å². The molecular weight excluding hydrogens is 244 g/mol. The smallest absolute Gasteiger partial charge is 0.274 e. The summed E-state index contributed by atoms with van der Waals surface area (Å²) in [7, 11) is 1.68. The van der Waals surface area contributed by atoms with Crippen molar-refractivity contribution < 1.29 is 14.3 Å². The Morgan fingerprint density at radius 2 is 2.00 bits per heavy atom. The highest BCUT2D eigenvalue weighted by Gasteiger charge is 2.16. The number of aromatic amines is 1. The molecule has 3 rings (SSSR count). The molecule has 1 aromatic carbocycles. The van der Waals surface area contributed by atoms with E-state index in [0.717, 1.165) is 5.52 Å². The number of phenols is 1. The maximum atomic E-state index is 12.3. The van der Waals surface area contributed by atoms with Crippen molar-refractivity contribution in [1.29, 1.82) is 0 Å². The highest BCUT2D eigenvalue weighted by atomic mass is 16.3. The topological polar surface area (TPSA) is 69.5 Å². The van der Waals surface area contributed by atoms with Crippen molar-refractivity contribution in [1.82, 2.24) is 4.98 Å². The quantitative estimate of drug-likeness (QED) is 0.740. The number of aromatic nitrogens is 1. The van der Waals surface area contributed by atoms with Crippen LogP contribution in [-0.2, 0) is 0 Å². The minimum atomic E-state index is -0.169. The fraction of sp³-hybridized carbons (Fsp3) is 0.0714. The summed E-state index contributed by atoms with van der Waals surface area (Å²) in [6, 6.07) is 9.89. The Kier molecular flexibility index (Phi) is 2.52. The van der Waals surface area contributed by atoms with Gasteiger partial charge in [0, 0.05) is 24.9 Å². The van der Waals surface area contributed by atoms with Crippen LogP contribution in [0.2, 0.25) is 0 Å². The molecule has 0 saturated carbocycles. The zero-order chi connectivity index (χ0) is 13.4. The van der Waals surface area contributed by atoms with E-state index in [2.05, 4.69) is 4.98 Å². The number of aromatic hydroxyl groups is 1. The number of carbonyl (C=O) groups excluding carboxylic acids is 1. The minimum Gasteiger partial charge on any atom is -0.508 e. The summed E-state index contributed by atoms with van der Waals surface area (Å²) in [5.74, 6) is -0.000855. The number of anilines is 1. The normalized spacial score (nSPS) is 10.8. The van der Waals surface area contributed by atoms with E-state index in [1.165, 1.54) is 4.90 Å². The Hall–Kier alpha value is -2.69. The summed E-state index contributed by atoms with van der Waals surface area (Å²) in [6.07, 6.45) is 1.57. The number of rotatable bonds is 2. The van der Waals surface area contributed by atoms with Gasteiger partial charge < -0.3 is 19.4 Å². The predicted molar refractivity (Wildman–Crippen MR) is 71.4 cm³/mol. The van der Waals surface area contributed by atoms with Gasteiger partial charge >= 0.3 is 0 Å². The van der Waals surface area contributed by atoms with Crippen molar-refractivity contribution in [3.63, 3.8) is 0 Å². The van der Waals surface area contributed by atoms with Gasteiger partial charge in [-0.2, -0.15) is 0 Å². The molecule has 0 fully saturated rings. The fourth-order valence-electron chi connectivity index (χ4n) is 1.94. The number of benzene rings is 1. The number of hydrogen-bond donors (Lipinski definition) is 2. The van der Waals surface area contributed by atoms with E-state index >= 15 is 0 Å². The van der Waals surface area contributed by atoms with Crippen molar-refractivity contribution in [3.05, 3.63) is 48.4 Å². The van der Waals surface area contributed by atoms with Crippen molar-refractivity contribution in [2.24, 2.45) is 0 Å². The lowest BCUT2D eigenvalue weighted by Gasteiger charge is -2.16. The van der Waals surface area contributed by atoms with Crippen molar-refractivity contribution in [2.75, 3.05) is 11.9 Å². The second kappa shape index (κ2) is 4.20. The number of H-pyrrole nitrogens is 1. The monoisotopic (exact) mass is 256 g/mol. The molecule has 0 spiro atoms. The van der Waals surface area contributed by atoms with E-state index in [0.29, 0.717) is 17.0 Å². The van der Waals surface area contributed by atoms with Gasteiger partial charge in [-0.25, -0.2) is 0 Å². The third-order valence-electron chi connectivity index (χ3n) is 3.01. The van der Waals surface area contributed by atoms with Crippen LogP contribution in [0.4, 0.5) is 5.69 Å². The standard InChI is InChI=1S/C14H12N2O3/c1-16(9-2-4-10(17)5-3-9)14(18)12-8-13-11(15-12)6-7-19-13/h2-8,15,17H,1H3. The first kappa shape index (κ1) is 11.4. The number of hydrogen-bond acceptors (Lipinski definition) is 3. The minimum absolute atomic E-state index is 0.169. The largest absolute Gasteiger partial charge is 0.508 e. The third kappa shape index (κ3) is 1.95. The molecule has 1 amide bonds. The maximum absolute atomic E-state index is 12.3. The van der Waals surface area contributed by atoms with Gasteiger partial charge in [-0.15, -0.1) is 0 Å². The lowest BCUT2D eigenvalue weighted by atomic mass is 10.2. The average molecular weight is 256 g/mol. The SMILES string of the molecule is CN(C(=O)c1cc2occc2[nH]1)c1ccc(O)cc1. The number of phenolic OH excluding ortho intramolecular Hbond substituents is 1. The van der Waals surface area contributed by atoms with Gasteiger partial charge in [0.25, 0.3) is 5.91 Å². The summed E-state index contributed by atoms with van der Waals surface area (Å²) in [4.78, 5) is 16.8. The van der Waals surface area contributed by atoms with Crippen molar-refractivity contribution >= 4 is 22.7 Å². The Morgan fingerprint density at radius 3 is 2.68 bits per heavy atom. The Morgan fingerprint density at radius 1 is 1.26 bits per heavy atom. The molecular formula is C14H12N2O3. The van der Waals surface area contributed by atoms with E-state index in [1.807, 2.05) is 0 Å². The Labute approximate surface area is 109 Å². The van der Waals surface area contributed by atoms with E-state index in [4.69, 9.17) is 4.42 Å². The first-order valence-corrected chi connectivity index (χ1v) is 5.78. The summed E-state index contributed by atoms with van der Waals surface area (Å²) in [6.45, 7) is 0. The van der Waals surface area contributed by atoms with E-state index in [-0.39, 0.29) is 11.7 Å². The molecule has 0 aliphatic rings. The summed E-state index contributed by atoms with van der Waals surface area (Å²) in [5.41, 5.74) is 2.61. The summed E-state index contributed by atoms with van der Waals surface area (Å²) < 4.78 is 5.21. The molecule has 0 saturated heterocycles. The average Bonchev–Trinajstić information content (AvgIpc) is 2.98. The van der Waals surface area contributed by atoms with E-state index in [1.54, 1.807) is 49.7 Å². The molecule has 2 aromatic heterocycles. The first-order chi connectivity index (χ1) is 9.15. The molecule has 3 aromatic rings. The first-order valence-electron chi connectivity index (χ1n) is 5.78. The predicted octanol–water partition coefficient (Wildman–Crippen LogP) is 2.74. The number of amides is 1. The van der Waals surface area contributed by atoms with Gasteiger partial charge in [-0.05, 0) is 24.3 Å². The molecule has 5 heteroatoms. The molecule has 0 bridgehead atoms. The van der Waals surface area contributed by atoms with Gasteiger partial charge in [0.05, 0.1) is 11.8 Å². The second-order valence-electron chi connectivity index (χ2n) is 4.26. The zero-order valence-corrected chi connectivity index (χ0v) is 10.3. The van der Waals surface area contributed by atoms with Crippen LogP contribution in [0.5, 0.6) is 5.75 Å². The van der Waals surface area contributed by atoms with Crippen LogP contribution in [0.1, 0.15) is 10.5 Å². The molecule has 0 unspecified atom stereocenters. The second-order valence-corrected chi connectivity index (χ2v) is 4.26. The lowest BCUT2D eigenvalue weighted by molar-refractivity contribution is 0.0989.